The minimum atomic E-state index is -0.234. The summed E-state index contributed by atoms with van der Waals surface area (Å²) >= 11 is 5.97. The Labute approximate surface area is 173 Å². The smallest absolute Gasteiger partial charge is 0.274 e. The predicted molar refractivity (Wildman–Crippen MR) is 115 cm³/mol. The summed E-state index contributed by atoms with van der Waals surface area (Å²) in [6, 6.07) is 8.81. The zero-order valence-corrected chi connectivity index (χ0v) is 16.5. The first-order valence-corrected chi connectivity index (χ1v) is 9.50. The van der Waals surface area contributed by atoms with E-state index in [2.05, 4.69) is 20.3 Å². The van der Waals surface area contributed by atoms with Gasteiger partial charge in [0.25, 0.3) is 5.91 Å². The Morgan fingerprint density at radius 1 is 1.28 bits per heavy atom. The lowest BCUT2D eigenvalue weighted by atomic mass is 10.1. The van der Waals surface area contributed by atoms with Crippen LogP contribution < -0.4 is 11.1 Å². The number of aromatic nitrogens is 3. The molecule has 0 saturated carbocycles. The maximum atomic E-state index is 12.8. The molecule has 4 rings (SSSR count). The van der Waals surface area contributed by atoms with Gasteiger partial charge in [0.05, 0.1) is 6.20 Å². The third-order valence-electron chi connectivity index (χ3n) is 4.62. The van der Waals surface area contributed by atoms with Gasteiger partial charge in [-0.15, -0.1) is 0 Å². The summed E-state index contributed by atoms with van der Waals surface area (Å²) in [5.74, 6) is 1.34. The van der Waals surface area contributed by atoms with Crippen LogP contribution in [0.25, 0.3) is 6.20 Å². The number of allylic oxidation sites excluding steroid dienone is 1. The van der Waals surface area contributed by atoms with Gasteiger partial charge in [0.15, 0.2) is 5.82 Å². The van der Waals surface area contributed by atoms with Gasteiger partial charge < -0.3 is 11.1 Å². The second-order valence-corrected chi connectivity index (χ2v) is 7.10. The first-order chi connectivity index (χ1) is 14.0. The molecular weight excluding hydrogens is 388 g/mol. The van der Waals surface area contributed by atoms with Gasteiger partial charge in [0.1, 0.15) is 17.4 Å². The fourth-order valence-electron chi connectivity index (χ4n) is 3.06. The Morgan fingerprint density at radius 2 is 2.14 bits per heavy atom. The standard InChI is InChI=1S/C21H19ClN6O/c1-13-5-6-14(20(23)27-18-11-15(22)7-8-24-18)10-16(13)26-21(29)17-12-25-19-4-2-3-9-28(17)19/h3,5-12H,2,4H2,1H3,(H,26,29)(H2,23,24,27). The van der Waals surface area contributed by atoms with Crippen LogP contribution in [0, 0.1) is 6.92 Å². The number of amidine groups is 1. The maximum absolute atomic E-state index is 12.8. The molecule has 8 heteroatoms. The average Bonchev–Trinajstić information content (AvgIpc) is 3.14. The highest BCUT2D eigenvalue weighted by molar-refractivity contribution is 6.30. The van der Waals surface area contributed by atoms with Crippen LogP contribution in [0.15, 0.2) is 53.8 Å². The van der Waals surface area contributed by atoms with E-state index in [1.54, 1.807) is 30.6 Å². The Kier molecular flexibility index (Phi) is 5.14. The number of hydrogen-bond acceptors (Lipinski definition) is 4. The van der Waals surface area contributed by atoms with Crippen LogP contribution in [0.4, 0.5) is 11.5 Å². The van der Waals surface area contributed by atoms with Crippen LogP contribution in [-0.2, 0) is 6.42 Å². The van der Waals surface area contributed by atoms with Crippen molar-refractivity contribution < 1.29 is 4.79 Å². The largest absolute Gasteiger partial charge is 0.383 e. The number of halogens is 1. The van der Waals surface area contributed by atoms with Crippen molar-refractivity contribution in [3.8, 4) is 0 Å². The molecule has 1 amide bonds. The van der Waals surface area contributed by atoms with Crippen molar-refractivity contribution in [1.29, 1.82) is 0 Å². The van der Waals surface area contributed by atoms with Crippen molar-refractivity contribution in [3.05, 3.63) is 76.5 Å². The maximum Gasteiger partial charge on any atom is 0.274 e. The number of aryl methyl sites for hydroxylation is 2. The van der Waals surface area contributed by atoms with Crippen LogP contribution in [0.3, 0.4) is 0 Å². The minimum Gasteiger partial charge on any atom is -0.383 e. The van der Waals surface area contributed by atoms with Gasteiger partial charge in [-0.3, -0.25) is 9.36 Å². The van der Waals surface area contributed by atoms with E-state index in [-0.39, 0.29) is 11.7 Å². The van der Waals surface area contributed by atoms with Gasteiger partial charge in [-0.05, 0) is 31.0 Å². The molecule has 0 unspecified atom stereocenters. The fraction of sp³-hybridized carbons (Fsp3) is 0.143. The molecule has 3 aromatic rings. The van der Waals surface area contributed by atoms with Crippen molar-refractivity contribution in [3.63, 3.8) is 0 Å². The van der Waals surface area contributed by atoms with E-state index in [0.717, 1.165) is 24.2 Å². The molecule has 0 radical (unpaired) electrons. The summed E-state index contributed by atoms with van der Waals surface area (Å²) in [7, 11) is 0. The molecular formula is C21H19ClN6O. The number of carbonyl (C=O) groups excluding carboxylic acids is 1. The zero-order chi connectivity index (χ0) is 20.4. The second kappa shape index (κ2) is 7.89. The lowest BCUT2D eigenvalue weighted by Gasteiger charge is -2.13. The first-order valence-electron chi connectivity index (χ1n) is 9.12. The van der Waals surface area contributed by atoms with Gasteiger partial charge in [-0.1, -0.05) is 29.8 Å². The molecule has 0 saturated heterocycles. The van der Waals surface area contributed by atoms with E-state index in [0.29, 0.717) is 27.8 Å². The number of anilines is 1. The van der Waals surface area contributed by atoms with Crippen molar-refractivity contribution in [2.75, 3.05) is 5.32 Å². The molecule has 3 heterocycles. The minimum absolute atomic E-state index is 0.234. The Bertz CT molecular complexity index is 1150. The molecule has 7 nitrogen and oxygen atoms in total. The number of nitrogens with two attached hydrogens (primary N) is 1. The zero-order valence-electron chi connectivity index (χ0n) is 15.8. The van der Waals surface area contributed by atoms with Crippen molar-refractivity contribution in [2.24, 2.45) is 10.7 Å². The SMILES string of the molecule is Cc1ccc(C(N)=Nc2cc(Cl)ccn2)cc1NC(=O)c1cnc2n1C=CCC2. The third kappa shape index (κ3) is 4.05. The quantitative estimate of drug-likeness (QED) is 0.506. The molecule has 1 aliphatic rings. The number of aliphatic imine (C=N–C) groups is 1. The van der Waals surface area contributed by atoms with Crippen LogP contribution >= 0.6 is 11.6 Å². The number of nitrogens with one attached hydrogen (secondary N) is 1. The van der Waals surface area contributed by atoms with E-state index in [4.69, 9.17) is 17.3 Å². The highest BCUT2D eigenvalue weighted by atomic mass is 35.5. The van der Waals surface area contributed by atoms with E-state index in [1.165, 1.54) is 0 Å². The lowest BCUT2D eigenvalue weighted by Crippen LogP contribution is -2.18. The molecule has 0 atom stereocenters. The molecule has 3 N–H and O–H groups in total. The lowest BCUT2D eigenvalue weighted by molar-refractivity contribution is 0.102. The van der Waals surface area contributed by atoms with E-state index in [1.807, 2.05) is 35.9 Å². The Hall–Kier alpha value is -3.45. The van der Waals surface area contributed by atoms with E-state index >= 15 is 0 Å². The number of carbonyl (C=O) groups is 1. The van der Waals surface area contributed by atoms with Gasteiger partial charge >= 0.3 is 0 Å². The third-order valence-corrected chi connectivity index (χ3v) is 4.85. The number of amides is 1. The molecule has 0 spiro atoms. The van der Waals surface area contributed by atoms with Crippen molar-refractivity contribution >= 4 is 41.0 Å². The second-order valence-electron chi connectivity index (χ2n) is 6.67. The monoisotopic (exact) mass is 406 g/mol. The van der Waals surface area contributed by atoms with E-state index in [9.17, 15) is 4.79 Å². The van der Waals surface area contributed by atoms with Crippen LogP contribution in [0.2, 0.25) is 5.02 Å². The molecule has 0 aliphatic carbocycles. The number of hydrogen-bond donors (Lipinski definition) is 2. The molecule has 1 aromatic carbocycles. The highest BCUT2D eigenvalue weighted by Gasteiger charge is 2.17. The average molecular weight is 407 g/mol. The molecule has 0 bridgehead atoms. The summed E-state index contributed by atoms with van der Waals surface area (Å²) < 4.78 is 1.82. The van der Waals surface area contributed by atoms with Crippen molar-refractivity contribution in [1.82, 2.24) is 14.5 Å². The summed E-state index contributed by atoms with van der Waals surface area (Å²) in [6.45, 7) is 1.91. The molecule has 0 fully saturated rings. The number of nitrogens with zero attached hydrogens (tertiary/aromatic N) is 4. The Morgan fingerprint density at radius 3 is 2.97 bits per heavy atom. The van der Waals surface area contributed by atoms with Crippen LogP contribution in [-0.4, -0.2) is 26.3 Å². The molecule has 2 aromatic heterocycles. The number of fused-ring (bicyclic) bond motifs is 1. The van der Waals surface area contributed by atoms with E-state index < -0.39 is 0 Å². The first kappa shape index (κ1) is 18.9. The summed E-state index contributed by atoms with van der Waals surface area (Å²) in [6.07, 6.45) is 8.82. The highest BCUT2D eigenvalue weighted by Crippen LogP contribution is 2.21. The summed E-state index contributed by atoms with van der Waals surface area (Å²) in [5, 5.41) is 3.48. The topological polar surface area (TPSA) is 98.2 Å². The normalized spacial score (nSPS) is 13.2. The summed E-state index contributed by atoms with van der Waals surface area (Å²) in [4.78, 5) is 25.6. The molecule has 29 heavy (non-hydrogen) atoms. The molecule has 1 aliphatic heterocycles. The van der Waals surface area contributed by atoms with Crippen LogP contribution in [0.1, 0.15) is 33.9 Å². The van der Waals surface area contributed by atoms with Crippen molar-refractivity contribution in [2.45, 2.75) is 19.8 Å². The van der Waals surface area contributed by atoms with Gasteiger partial charge in [-0.25, -0.2) is 15.0 Å². The Balaban J connectivity index is 1.60. The number of benzene rings is 1. The predicted octanol–water partition coefficient (Wildman–Crippen LogP) is 3.95. The number of pyridine rings is 1. The van der Waals surface area contributed by atoms with Crippen LogP contribution in [0.5, 0.6) is 0 Å². The fourth-order valence-corrected chi connectivity index (χ4v) is 3.21. The number of imidazole rings is 1. The van der Waals surface area contributed by atoms with Gasteiger partial charge in [0.2, 0.25) is 0 Å². The molecule has 146 valence electrons. The van der Waals surface area contributed by atoms with Gasteiger partial charge in [-0.2, -0.15) is 0 Å². The van der Waals surface area contributed by atoms with Gasteiger partial charge in [0, 0.05) is 41.2 Å². The number of rotatable bonds is 4. The summed E-state index contributed by atoms with van der Waals surface area (Å²) in [5.41, 5.74) is 8.86.